The molecule has 3 N–H and O–H groups in total. The standard InChI is InChI=1S/C11H21FN2O2/c1-8(10(12)13)11(2,7-15)14-9-5-3-4-6-16-9/h8-9,13-15H,3-7H2,1-2H3. The van der Waals surface area contributed by atoms with Crippen molar-refractivity contribution in [3.8, 4) is 0 Å². The molecule has 1 fully saturated rings. The van der Waals surface area contributed by atoms with Crippen molar-refractivity contribution >= 4 is 5.97 Å². The second kappa shape index (κ2) is 5.70. The summed E-state index contributed by atoms with van der Waals surface area (Å²) in [5.41, 5.74) is -0.839. The van der Waals surface area contributed by atoms with Crippen LogP contribution in [0.1, 0.15) is 33.1 Å². The van der Waals surface area contributed by atoms with Gasteiger partial charge < -0.3 is 9.84 Å². The number of aliphatic hydroxyl groups excluding tert-OH is 1. The Balaban J connectivity index is 2.60. The number of rotatable bonds is 5. The van der Waals surface area contributed by atoms with Gasteiger partial charge in [-0.15, -0.1) is 0 Å². The lowest BCUT2D eigenvalue weighted by molar-refractivity contribution is -0.0368. The molecule has 1 aliphatic rings. The predicted octanol–water partition coefficient (Wildman–Crippen LogP) is 1.44. The molecule has 1 aliphatic heterocycles. The number of hydrogen-bond donors (Lipinski definition) is 3. The van der Waals surface area contributed by atoms with Crippen molar-refractivity contribution in [2.45, 2.75) is 44.9 Å². The fourth-order valence-corrected chi connectivity index (χ4v) is 1.81. The topological polar surface area (TPSA) is 65.3 Å². The second-order valence-corrected chi connectivity index (χ2v) is 4.64. The second-order valence-electron chi connectivity index (χ2n) is 4.64. The van der Waals surface area contributed by atoms with E-state index in [0.717, 1.165) is 19.3 Å². The van der Waals surface area contributed by atoms with Crippen molar-refractivity contribution in [3.05, 3.63) is 0 Å². The van der Waals surface area contributed by atoms with E-state index in [1.54, 1.807) is 13.8 Å². The zero-order chi connectivity index (χ0) is 12.2. The van der Waals surface area contributed by atoms with Crippen LogP contribution in [0, 0.1) is 11.3 Å². The lowest BCUT2D eigenvalue weighted by atomic mass is 9.87. The summed E-state index contributed by atoms with van der Waals surface area (Å²) in [5.74, 6) is -1.58. The SMILES string of the molecule is CC(C(=N)F)C(C)(CO)NC1CCCCO1. The van der Waals surface area contributed by atoms with Gasteiger partial charge in [0.1, 0.15) is 6.23 Å². The molecule has 3 atom stereocenters. The summed E-state index contributed by atoms with van der Waals surface area (Å²) in [6.45, 7) is 3.78. The summed E-state index contributed by atoms with van der Waals surface area (Å²) in [5, 5.41) is 19.5. The lowest BCUT2D eigenvalue weighted by Gasteiger charge is -2.38. The third-order valence-electron chi connectivity index (χ3n) is 3.33. The van der Waals surface area contributed by atoms with E-state index in [0.29, 0.717) is 6.61 Å². The van der Waals surface area contributed by atoms with Gasteiger partial charge in [0.2, 0.25) is 0 Å². The zero-order valence-electron chi connectivity index (χ0n) is 9.92. The molecule has 0 spiro atoms. The van der Waals surface area contributed by atoms with Crippen molar-refractivity contribution in [3.63, 3.8) is 0 Å². The summed E-state index contributed by atoms with van der Waals surface area (Å²) in [6, 6.07) is 0. The molecule has 0 aliphatic carbocycles. The van der Waals surface area contributed by atoms with Crippen LogP contribution in [0.4, 0.5) is 4.39 Å². The molecule has 0 amide bonds. The Hall–Kier alpha value is -0.520. The highest BCUT2D eigenvalue weighted by molar-refractivity contribution is 5.75. The average molecular weight is 232 g/mol. The van der Waals surface area contributed by atoms with Gasteiger partial charge in [0.25, 0.3) is 0 Å². The van der Waals surface area contributed by atoms with E-state index in [2.05, 4.69) is 5.32 Å². The number of aliphatic hydroxyl groups is 1. The summed E-state index contributed by atoms with van der Waals surface area (Å²) >= 11 is 0. The van der Waals surface area contributed by atoms with Crippen LogP contribution in [0.25, 0.3) is 0 Å². The van der Waals surface area contributed by atoms with E-state index in [1.165, 1.54) is 0 Å². The first-order chi connectivity index (χ1) is 7.49. The van der Waals surface area contributed by atoms with Crippen LogP contribution in [0.2, 0.25) is 0 Å². The fraction of sp³-hybridized carbons (Fsp3) is 0.909. The highest BCUT2D eigenvalue weighted by atomic mass is 19.1. The van der Waals surface area contributed by atoms with Crippen LogP contribution in [-0.4, -0.2) is 36.1 Å². The molecule has 1 rings (SSSR count). The lowest BCUT2D eigenvalue weighted by Crippen LogP contribution is -2.57. The number of hydrogen-bond acceptors (Lipinski definition) is 4. The van der Waals surface area contributed by atoms with Crippen LogP contribution in [-0.2, 0) is 4.74 Å². The number of nitrogens with one attached hydrogen (secondary N) is 2. The summed E-state index contributed by atoms with van der Waals surface area (Å²) in [4.78, 5) is 0. The van der Waals surface area contributed by atoms with Gasteiger partial charge in [0.15, 0.2) is 5.97 Å². The largest absolute Gasteiger partial charge is 0.394 e. The Labute approximate surface area is 95.7 Å². The maximum Gasteiger partial charge on any atom is 0.186 e. The molecule has 0 bridgehead atoms. The molecular formula is C11H21FN2O2. The minimum absolute atomic E-state index is 0.146. The molecule has 0 saturated carbocycles. The molecule has 94 valence electrons. The molecule has 16 heavy (non-hydrogen) atoms. The van der Waals surface area contributed by atoms with Gasteiger partial charge in [-0.3, -0.25) is 10.7 Å². The molecule has 1 heterocycles. The van der Waals surface area contributed by atoms with Crippen LogP contribution in [0.15, 0.2) is 0 Å². The molecule has 0 aromatic rings. The van der Waals surface area contributed by atoms with Gasteiger partial charge in [-0.1, -0.05) is 6.92 Å². The maximum atomic E-state index is 12.9. The molecule has 1 saturated heterocycles. The Kier molecular flexibility index (Phi) is 4.83. The Bertz CT molecular complexity index is 244. The number of ether oxygens (including phenoxy) is 1. The van der Waals surface area contributed by atoms with E-state index in [4.69, 9.17) is 10.1 Å². The zero-order valence-corrected chi connectivity index (χ0v) is 9.92. The smallest absolute Gasteiger partial charge is 0.186 e. The van der Waals surface area contributed by atoms with Gasteiger partial charge in [-0.25, -0.2) is 0 Å². The van der Waals surface area contributed by atoms with Gasteiger partial charge in [0.05, 0.1) is 12.1 Å². The molecule has 0 aromatic carbocycles. The van der Waals surface area contributed by atoms with Gasteiger partial charge >= 0.3 is 0 Å². The van der Waals surface area contributed by atoms with Crippen LogP contribution in [0.5, 0.6) is 0 Å². The number of halogens is 1. The maximum absolute atomic E-state index is 12.9. The van der Waals surface area contributed by atoms with Gasteiger partial charge in [-0.05, 0) is 26.2 Å². The minimum atomic E-state index is -0.917. The summed E-state index contributed by atoms with van der Waals surface area (Å²) < 4.78 is 18.4. The molecule has 3 unspecified atom stereocenters. The third-order valence-corrected chi connectivity index (χ3v) is 3.33. The first-order valence-corrected chi connectivity index (χ1v) is 5.73. The van der Waals surface area contributed by atoms with E-state index in [-0.39, 0.29) is 12.8 Å². The Morgan fingerprint density at radius 1 is 1.69 bits per heavy atom. The van der Waals surface area contributed by atoms with E-state index in [1.807, 2.05) is 0 Å². The Morgan fingerprint density at radius 2 is 2.38 bits per heavy atom. The average Bonchev–Trinajstić information content (AvgIpc) is 2.29. The van der Waals surface area contributed by atoms with Crippen molar-refractivity contribution in [2.24, 2.45) is 5.92 Å². The fourth-order valence-electron chi connectivity index (χ4n) is 1.81. The van der Waals surface area contributed by atoms with Crippen molar-refractivity contribution in [2.75, 3.05) is 13.2 Å². The van der Waals surface area contributed by atoms with E-state index >= 15 is 0 Å². The Morgan fingerprint density at radius 3 is 2.81 bits per heavy atom. The molecule has 4 nitrogen and oxygen atoms in total. The van der Waals surface area contributed by atoms with Crippen LogP contribution in [0.3, 0.4) is 0 Å². The van der Waals surface area contributed by atoms with Crippen molar-refractivity contribution in [1.82, 2.24) is 5.32 Å². The highest BCUT2D eigenvalue weighted by Crippen LogP contribution is 2.22. The first kappa shape index (κ1) is 13.5. The molecule has 0 radical (unpaired) electrons. The van der Waals surface area contributed by atoms with E-state index in [9.17, 15) is 9.50 Å². The summed E-state index contributed by atoms with van der Waals surface area (Å²) in [7, 11) is 0. The van der Waals surface area contributed by atoms with E-state index < -0.39 is 17.4 Å². The molecule has 0 aromatic heterocycles. The molecular weight excluding hydrogens is 211 g/mol. The molecule has 5 heteroatoms. The van der Waals surface area contributed by atoms with Crippen molar-refractivity contribution < 1.29 is 14.2 Å². The highest BCUT2D eigenvalue weighted by Gasteiger charge is 2.36. The predicted molar refractivity (Wildman–Crippen MR) is 60.2 cm³/mol. The van der Waals surface area contributed by atoms with Gasteiger partial charge in [0, 0.05) is 12.5 Å². The quantitative estimate of drug-likeness (QED) is 0.628. The normalized spacial score (nSPS) is 27.1. The third kappa shape index (κ3) is 3.23. The first-order valence-electron chi connectivity index (χ1n) is 5.73. The summed E-state index contributed by atoms with van der Waals surface area (Å²) in [6.07, 6.45) is 2.83. The van der Waals surface area contributed by atoms with Crippen LogP contribution >= 0.6 is 0 Å². The van der Waals surface area contributed by atoms with Gasteiger partial charge in [-0.2, -0.15) is 4.39 Å². The minimum Gasteiger partial charge on any atom is -0.394 e. The van der Waals surface area contributed by atoms with Crippen molar-refractivity contribution in [1.29, 1.82) is 5.41 Å². The van der Waals surface area contributed by atoms with Crippen LogP contribution < -0.4 is 5.32 Å². The monoisotopic (exact) mass is 232 g/mol.